The summed E-state index contributed by atoms with van der Waals surface area (Å²) in [6.07, 6.45) is 2.23. The summed E-state index contributed by atoms with van der Waals surface area (Å²) in [5.41, 5.74) is 6.31. The van der Waals surface area contributed by atoms with Crippen LogP contribution in [0.4, 0.5) is 5.69 Å². The summed E-state index contributed by atoms with van der Waals surface area (Å²) in [5, 5.41) is 0. The topological polar surface area (TPSA) is 94.6 Å². The number of hydrogen-bond donors (Lipinski definition) is 0. The molecule has 0 amide bonds. The fourth-order valence-electron chi connectivity index (χ4n) is 3.68. The smallest absolute Gasteiger partial charge is 0.213 e. The Hall–Kier alpha value is -3.27. The van der Waals surface area contributed by atoms with E-state index in [0.717, 1.165) is 5.75 Å². The molecule has 7 nitrogen and oxygen atoms in total. The lowest BCUT2D eigenvalue weighted by Gasteiger charge is -2.05. The zero-order valence-corrected chi connectivity index (χ0v) is 19.9. The normalized spacial score (nSPS) is 18.3. The van der Waals surface area contributed by atoms with E-state index in [1.54, 1.807) is 7.11 Å². The maximum Gasteiger partial charge on any atom is 0.213 e. The van der Waals surface area contributed by atoms with E-state index in [0.29, 0.717) is 0 Å². The van der Waals surface area contributed by atoms with Gasteiger partial charge in [-0.2, -0.15) is 4.58 Å². The Morgan fingerprint density at radius 2 is 1.36 bits per heavy atom. The summed E-state index contributed by atoms with van der Waals surface area (Å²) in [4.78, 5) is -0.481. The third-order valence-corrected chi connectivity index (χ3v) is 9.00. The van der Waals surface area contributed by atoms with Gasteiger partial charge in [0.15, 0.2) is 5.71 Å². The number of fused-ring (bicyclic) bond motifs is 2. The minimum atomic E-state index is -3.98. The van der Waals surface area contributed by atoms with Crippen molar-refractivity contribution in [3.63, 3.8) is 0 Å². The Morgan fingerprint density at radius 3 is 1.94 bits per heavy atom. The van der Waals surface area contributed by atoms with Gasteiger partial charge in [-0.15, -0.1) is 0 Å². The maximum atomic E-state index is 11.1. The van der Waals surface area contributed by atoms with Crippen LogP contribution in [0.3, 0.4) is 0 Å². The molecule has 0 bridgehead atoms. The number of allylic oxidation sites excluding steroid dienone is 1. The van der Waals surface area contributed by atoms with Crippen LogP contribution in [-0.2, 0) is 20.0 Å². The molecule has 2 heterocycles. The van der Waals surface area contributed by atoms with Gasteiger partial charge >= 0.3 is 0 Å². The Balaban J connectivity index is 0.000000172. The summed E-state index contributed by atoms with van der Waals surface area (Å²) in [6.45, 7) is 2.16. The van der Waals surface area contributed by atoms with Crippen molar-refractivity contribution < 1.29 is 26.1 Å². The first-order valence-electron chi connectivity index (χ1n) is 10.0. The Kier molecular flexibility index (Phi) is 5.96. The van der Waals surface area contributed by atoms with Crippen LogP contribution in [0.5, 0.6) is 5.75 Å². The first-order valence-corrected chi connectivity index (χ1v) is 12.9. The predicted molar refractivity (Wildman–Crippen MR) is 128 cm³/mol. The molecule has 2 aliphatic rings. The van der Waals surface area contributed by atoms with Crippen LogP contribution in [0, 0.1) is 0 Å². The molecule has 0 aromatic heterocycles. The van der Waals surface area contributed by atoms with Crippen LogP contribution in [0.15, 0.2) is 82.6 Å². The third kappa shape index (κ3) is 4.35. The summed E-state index contributed by atoms with van der Waals surface area (Å²) in [5.74, 6) is 0.886. The molecule has 0 atom stereocenters. The molecule has 2 aliphatic heterocycles. The number of ether oxygens (including phenoxy) is 1. The van der Waals surface area contributed by atoms with E-state index < -0.39 is 20.0 Å². The van der Waals surface area contributed by atoms with E-state index in [1.807, 2.05) is 12.1 Å². The average molecular weight is 483 g/mol. The second-order valence-corrected chi connectivity index (χ2v) is 10.8. The van der Waals surface area contributed by atoms with E-state index in [-0.39, 0.29) is 9.79 Å². The van der Waals surface area contributed by atoms with Gasteiger partial charge in [-0.25, -0.2) is 16.8 Å². The summed E-state index contributed by atoms with van der Waals surface area (Å²) in [6, 6.07) is 22.0. The maximum absolute atomic E-state index is 11.1. The second kappa shape index (κ2) is 8.58. The largest absolute Gasteiger partial charge is 0.497 e. The molecule has 170 valence electrons. The van der Waals surface area contributed by atoms with Gasteiger partial charge in [0, 0.05) is 13.0 Å². The molecule has 0 saturated heterocycles. The molecule has 3 aromatic rings. The highest BCUT2D eigenvalue weighted by Crippen LogP contribution is 2.37. The highest BCUT2D eigenvalue weighted by atomic mass is 32.3. The zero-order chi connectivity index (χ0) is 23.8. The van der Waals surface area contributed by atoms with Gasteiger partial charge in [-0.3, -0.25) is 0 Å². The van der Waals surface area contributed by atoms with Gasteiger partial charge < -0.3 is 8.86 Å². The molecule has 9 heteroatoms. The lowest BCUT2D eigenvalue weighted by atomic mass is 10.0. The van der Waals surface area contributed by atoms with Crippen molar-refractivity contribution in [2.24, 2.45) is 0 Å². The fourth-order valence-corrected chi connectivity index (χ4v) is 7.14. The van der Waals surface area contributed by atoms with Gasteiger partial charge in [-0.1, -0.05) is 36.4 Å². The molecule has 33 heavy (non-hydrogen) atoms. The molecule has 5 rings (SSSR count). The molecule has 0 unspecified atom stereocenters. The first kappa shape index (κ1) is 22.9. The van der Waals surface area contributed by atoms with Gasteiger partial charge in [0.1, 0.15) is 32.8 Å². The first-order chi connectivity index (χ1) is 15.6. The molecule has 0 radical (unpaired) electrons. The molecule has 0 aliphatic carbocycles. The SMILES string of the molecule is COc1ccc(/C=C2\C(C)=[N+](C)c3ccccc32)cc1.O=S1(=O)[N-]S(=O)(=O)c2ccccc21. The number of benzene rings is 3. The summed E-state index contributed by atoms with van der Waals surface area (Å²) in [7, 11) is -4.15. The number of methoxy groups -OCH3 is 1. The third-order valence-electron chi connectivity index (χ3n) is 5.48. The zero-order valence-electron chi connectivity index (χ0n) is 18.3. The van der Waals surface area contributed by atoms with E-state index in [2.05, 4.69) is 65.1 Å². The monoisotopic (exact) mass is 482 g/mol. The van der Waals surface area contributed by atoms with Crippen molar-refractivity contribution in [3.05, 3.63) is 88.1 Å². The van der Waals surface area contributed by atoms with Crippen molar-refractivity contribution in [2.75, 3.05) is 14.2 Å². The lowest BCUT2D eigenvalue weighted by molar-refractivity contribution is -0.401. The van der Waals surface area contributed by atoms with Crippen molar-refractivity contribution >= 4 is 43.1 Å². The summed E-state index contributed by atoms with van der Waals surface area (Å²) < 4.78 is 54.7. The van der Waals surface area contributed by atoms with Crippen LogP contribution in [0.25, 0.3) is 15.8 Å². The van der Waals surface area contributed by atoms with Gasteiger partial charge in [0.25, 0.3) is 0 Å². The number of hydrogen-bond acceptors (Lipinski definition) is 5. The molecular weight excluding hydrogens is 460 g/mol. The van der Waals surface area contributed by atoms with Gasteiger partial charge in [0.05, 0.1) is 28.0 Å². The number of para-hydroxylation sites is 1. The van der Waals surface area contributed by atoms with Crippen LogP contribution in [0.2, 0.25) is 0 Å². The van der Waals surface area contributed by atoms with E-state index in [4.69, 9.17) is 4.74 Å². The molecule has 0 N–H and O–H groups in total. The Morgan fingerprint density at radius 1 is 0.818 bits per heavy atom. The van der Waals surface area contributed by atoms with Crippen molar-refractivity contribution in [2.45, 2.75) is 16.7 Å². The van der Waals surface area contributed by atoms with Crippen molar-refractivity contribution in [1.29, 1.82) is 0 Å². The standard InChI is InChI=1S/C18H18NO.C6H4NO4S2/c1-13-17(12-14-8-10-15(20-3)11-9-14)16-6-4-5-7-18(16)19(13)2;8-12(9)5-3-1-2-4-6(5)13(10,11)7-12/h4-12H,1-3H3;1-4H/q+1;-1/b17-12+;. The van der Waals surface area contributed by atoms with Gasteiger partial charge in [-0.05, 0) is 42.0 Å². The minimum absolute atomic E-state index is 0.241. The number of rotatable bonds is 2. The van der Waals surface area contributed by atoms with E-state index in [1.165, 1.54) is 52.4 Å². The Bertz CT molecular complexity index is 1450. The van der Waals surface area contributed by atoms with Gasteiger partial charge in [0.2, 0.25) is 5.69 Å². The predicted octanol–water partition coefficient (Wildman–Crippen LogP) is 4.44. The Labute approximate surface area is 193 Å². The number of sulfonamides is 2. The minimum Gasteiger partial charge on any atom is -0.497 e. The van der Waals surface area contributed by atoms with Crippen molar-refractivity contribution in [1.82, 2.24) is 0 Å². The molecule has 0 fully saturated rings. The number of nitrogens with zero attached hydrogens (tertiary/aromatic N) is 2. The fraction of sp³-hybridized carbons (Fsp3) is 0.125. The highest BCUT2D eigenvalue weighted by Gasteiger charge is 2.28. The highest BCUT2D eigenvalue weighted by molar-refractivity contribution is 8.14. The quantitative estimate of drug-likeness (QED) is 0.504. The van der Waals surface area contributed by atoms with Crippen molar-refractivity contribution in [3.8, 4) is 5.75 Å². The second-order valence-electron chi connectivity index (χ2n) is 7.46. The lowest BCUT2D eigenvalue weighted by Crippen LogP contribution is -2.02. The molecule has 3 aromatic carbocycles. The van der Waals surface area contributed by atoms with E-state index >= 15 is 0 Å². The van der Waals surface area contributed by atoms with E-state index in [9.17, 15) is 16.8 Å². The molecule has 0 saturated carbocycles. The summed E-state index contributed by atoms with van der Waals surface area (Å²) >= 11 is 0. The average Bonchev–Trinajstić information content (AvgIpc) is 3.16. The van der Waals surface area contributed by atoms with Crippen LogP contribution < -0.4 is 4.74 Å². The van der Waals surface area contributed by atoms with Crippen LogP contribution in [-0.4, -0.2) is 41.3 Å². The molecule has 0 spiro atoms. The van der Waals surface area contributed by atoms with Crippen LogP contribution >= 0.6 is 0 Å². The molecular formula is C24H22N2O5S2. The van der Waals surface area contributed by atoms with Crippen LogP contribution in [0.1, 0.15) is 18.1 Å².